The molecule has 18 heavy (non-hydrogen) atoms. The van der Waals surface area contributed by atoms with Crippen molar-refractivity contribution >= 4 is 27.4 Å². The average molecular weight is 292 g/mol. The average Bonchev–Trinajstić information content (AvgIpc) is 2.64. The fourth-order valence-corrected chi connectivity index (χ4v) is 3.84. The highest BCUT2D eigenvalue weighted by molar-refractivity contribution is 7.91. The second-order valence-electron chi connectivity index (χ2n) is 3.51. The van der Waals surface area contributed by atoms with Crippen LogP contribution in [-0.4, -0.2) is 39.6 Å². The van der Waals surface area contributed by atoms with Gasteiger partial charge in [-0.2, -0.15) is 0 Å². The third-order valence-corrected chi connectivity index (χ3v) is 5.18. The lowest BCUT2D eigenvalue weighted by atomic mass is 10.6. The van der Waals surface area contributed by atoms with Crippen LogP contribution in [0.1, 0.15) is 10.7 Å². The van der Waals surface area contributed by atoms with Gasteiger partial charge in [-0.15, -0.1) is 11.3 Å². The van der Waals surface area contributed by atoms with Crippen LogP contribution in [0.2, 0.25) is 0 Å². The number of hydrogen-bond acceptors (Lipinski definition) is 5. The Morgan fingerprint density at radius 3 is 2.50 bits per heavy atom. The summed E-state index contributed by atoms with van der Waals surface area (Å²) in [4.78, 5) is 14.9. The number of aromatic nitrogens is 1. The maximum Gasteiger partial charge on any atom is 0.314 e. The summed E-state index contributed by atoms with van der Waals surface area (Å²) in [5.41, 5.74) is 0.490. The molecule has 0 bridgehead atoms. The van der Waals surface area contributed by atoms with Crippen LogP contribution in [0.25, 0.3) is 0 Å². The summed E-state index contributed by atoms with van der Waals surface area (Å²) in [7, 11) is -2.05. The Morgan fingerprint density at radius 1 is 1.33 bits per heavy atom. The number of nitrogens with one attached hydrogen (secondary N) is 3. The van der Waals surface area contributed by atoms with Crippen LogP contribution in [0.3, 0.4) is 0 Å². The zero-order valence-electron chi connectivity index (χ0n) is 10.4. The number of rotatable bonds is 5. The van der Waals surface area contributed by atoms with E-state index in [0.29, 0.717) is 10.7 Å². The molecule has 1 aromatic rings. The molecule has 1 heterocycles. The summed E-state index contributed by atoms with van der Waals surface area (Å²) in [5, 5.41) is 5.56. The molecule has 3 N–H and O–H groups in total. The van der Waals surface area contributed by atoms with E-state index in [2.05, 4.69) is 20.3 Å². The number of amides is 2. The zero-order valence-corrected chi connectivity index (χ0v) is 12.0. The molecular weight excluding hydrogens is 276 g/mol. The van der Waals surface area contributed by atoms with Crippen molar-refractivity contribution in [1.29, 1.82) is 0 Å². The van der Waals surface area contributed by atoms with Crippen LogP contribution in [-0.2, 0) is 10.0 Å². The fraction of sp³-hybridized carbons (Fsp3) is 0.556. The van der Waals surface area contributed by atoms with E-state index < -0.39 is 10.0 Å². The minimum Gasteiger partial charge on any atom is -0.341 e. The molecule has 2 amide bonds. The first-order valence-corrected chi connectivity index (χ1v) is 7.56. The van der Waals surface area contributed by atoms with Crippen molar-refractivity contribution in [1.82, 2.24) is 20.3 Å². The number of carbonyl (C=O) groups is 1. The summed E-state index contributed by atoms with van der Waals surface area (Å²) in [6.07, 6.45) is 0. The van der Waals surface area contributed by atoms with E-state index in [-0.39, 0.29) is 23.3 Å². The van der Waals surface area contributed by atoms with Crippen molar-refractivity contribution in [2.45, 2.75) is 18.1 Å². The first-order valence-electron chi connectivity index (χ1n) is 5.26. The quantitative estimate of drug-likeness (QED) is 0.663. The van der Waals surface area contributed by atoms with Crippen LogP contribution in [0.5, 0.6) is 0 Å². The Morgan fingerprint density at radius 2 is 2.00 bits per heavy atom. The molecular formula is C9H16N4O3S2. The minimum atomic E-state index is -3.54. The molecule has 0 fully saturated rings. The predicted octanol–water partition coefficient (Wildman–Crippen LogP) is -0.0328. The van der Waals surface area contributed by atoms with E-state index in [1.165, 1.54) is 7.05 Å². The van der Waals surface area contributed by atoms with Gasteiger partial charge in [0.15, 0.2) is 4.21 Å². The molecule has 9 heteroatoms. The second-order valence-corrected chi connectivity index (χ2v) is 6.67. The molecule has 0 atom stereocenters. The Labute approximate surface area is 110 Å². The number of aryl methyl sites for hydroxylation is 2. The van der Waals surface area contributed by atoms with Crippen molar-refractivity contribution in [2.24, 2.45) is 0 Å². The fourth-order valence-electron chi connectivity index (χ4n) is 1.28. The standard InChI is InChI=1S/C9H16N4O3S2/c1-6-8(17-7(2)13-6)18(15,16)12-5-4-11-9(14)10-3/h12H,4-5H2,1-3H3,(H2,10,11,14). The Balaban J connectivity index is 2.56. The van der Waals surface area contributed by atoms with Gasteiger partial charge >= 0.3 is 6.03 Å². The number of sulfonamides is 1. The van der Waals surface area contributed by atoms with Crippen molar-refractivity contribution in [3.8, 4) is 0 Å². The molecule has 0 unspecified atom stereocenters. The van der Waals surface area contributed by atoms with Crippen molar-refractivity contribution in [3.63, 3.8) is 0 Å². The number of hydrogen-bond donors (Lipinski definition) is 3. The number of carbonyl (C=O) groups excluding carboxylic acids is 1. The molecule has 1 rings (SSSR count). The molecule has 1 aromatic heterocycles. The number of nitrogens with zero attached hydrogens (tertiary/aromatic N) is 1. The monoisotopic (exact) mass is 292 g/mol. The van der Waals surface area contributed by atoms with Gasteiger partial charge in [-0.25, -0.2) is 22.9 Å². The summed E-state index contributed by atoms with van der Waals surface area (Å²) < 4.78 is 26.5. The van der Waals surface area contributed by atoms with Gasteiger partial charge in [0, 0.05) is 20.1 Å². The van der Waals surface area contributed by atoms with Gasteiger partial charge in [0.1, 0.15) is 0 Å². The van der Waals surface area contributed by atoms with Gasteiger partial charge in [0.05, 0.1) is 10.7 Å². The van der Waals surface area contributed by atoms with Crippen LogP contribution in [0, 0.1) is 13.8 Å². The minimum absolute atomic E-state index is 0.131. The highest BCUT2D eigenvalue weighted by atomic mass is 32.2. The lowest BCUT2D eigenvalue weighted by Gasteiger charge is -2.06. The smallest absolute Gasteiger partial charge is 0.314 e. The van der Waals surface area contributed by atoms with Crippen molar-refractivity contribution in [3.05, 3.63) is 10.7 Å². The Hall–Kier alpha value is -1.19. The van der Waals surface area contributed by atoms with E-state index in [9.17, 15) is 13.2 Å². The van der Waals surface area contributed by atoms with Gasteiger partial charge in [0.2, 0.25) is 0 Å². The first kappa shape index (κ1) is 14.9. The Bertz CT molecular complexity index is 524. The largest absolute Gasteiger partial charge is 0.341 e. The SMILES string of the molecule is CNC(=O)NCCNS(=O)(=O)c1sc(C)nc1C. The second kappa shape index (κ2) is 6.12. The third kappa shape index (κ3) is 3.93. The van der Waals surface area contributed by atoms with E-state index in [0.717, 1.165) is 11.3 Å². The molecule has 7 nitrogen and oxygen atoms in total. The topological polar surface area (TPSA) is 100 Å². The third-order valence-electron chi connectivity index (χ3n) is 2.03. The van der Waals surface area contributed by atoms with Crippen molar-refractivity contribution in [2.75, 3.05) is 20.1 Å². The van der Waals surface area contributed by atoms with Gasteiger partial charge in [-0.3, -0.25) is 0 Å². The summed E-state index contributed by atoms with van der Waals surface area (Å²) in [6, 6.07) is -0.348. The normalized spacial score (nSPS) is 11.3. The van der Waals surface area contributed by atoms with E-state index in [1.54, 1.807) is 13.8 Å². The van der Waals surface area contributed by atoms with Crippen LogP contribution in [0.4, 0.5) is 4.79 Å². The molecule has 0 aliphatic rings. The molecule has 0 saturated heterocycles. The molecule has 0 radical (unpaired) electrons. The predicted molar refractivity (Wildman–Crippen MR) is 69.2 cm³/mol. The van der Waals surface area contributed by atoms with E-state index in [4.69, 9.17) is 0 Å². The summed E-state index contributed by atoms with van der Waals surface area (Å²) in [6.45, 7) is 3.76. The summed E-state index contributed by atoms with van der Waals surface area (Å²) in [5.74, 6) is 0. The van der Waals surface area contributed by atoms with Gasteiger partial charge < -0.3 is 10.6 Å². The summed E-state index contributed by atoms with van der Waals surface area (Å²) >= 11 is 1.13. The highest BCUT2D eigenvalue weighted by Gasteiger charge is 2.20. The molecule has 0 saturated carbocycles. The molecule has 0 aliphatic heterocycles. The van der Waals surface area contributed by atoms with Crippen LogP contribution < -0.4 is 15.4 Å². The van der Waals surface area contributed by atoms with Gasteiger partial charge in [-0.05, 0) is 13.8 Å². The van der Waals surface area contributed by atoms with Gasteiger partial charge in [-0.1, -0.05) is 0 Å². The first-order chi connectivity index (χ1) is 8.36. The molecule has 102 valence electrons. The maximum absolute atomic E-state index is 11.9. The van der Waals surface area contributed by atoms with Crippen molar-refractivity contribution < 1.29 is 13.2 Å². The Kier molecular flexibility index (Phi) is 5.05. The van der Waals surface area contributed by atoms with E-state index in [1.807, 2.05) is 0 Å². The number of thiazole rings is 1. The van der Waals surface area contributed by atoms with Crippen LogP contribution in [0.15, 0.2) is 4.21 Å². The lowest BCUT2D eigenvalue weighted by molar-refractivity contribution is 0.243. The molecule has 0 spiro atoms. The highest BCUT2D eigenvalue weighted by Crippen LogP contribution is 2.22. The molecule has 0 aromatic carbocycles. The molecule has 0 aliphatic carbocycles. The van der Waals surface area contributed by atoms with Gasteiger partial charge in [0.25, 0.3) is 10.0 Å². The lowest BCUT2D eigenvalue weighted by Crippen LogP contribution is -2.38. The van der Waals surface area contributed by atoms with E-state index >= 15 is 0 Å². The number of urea groups is 1. The van der Waals surface area contributed by atoms with Crippen LogP contribution >= 0.6 is 11.3 Å². The zero-order chi connectivity index (χ0) is 13.8. The maximum atomic E-state index is 11.9.